The van der Waals surface area contributed by atoms with E-state index in [2.05, 4.69) is 16.4 Å². The van der Waals surface area contributed by atoms with Crippen LogP contribution in [0.25, 0.3) is 0 Å². The molecule has 0 amide bonds. The van der Waals surface area contributed by atoms with Crippen LogP contribution < -0.4 is 5.73 Å². The van der Waals surface area contributed by atoms with E-state index in [1.54, 1.807) is 14.7 Å². The number of morpholine rings is 2. The van der Waals surface area contributed by atoms with E-state index in [9.17, 15) is 24.0 Å². The van der Waals surface area contributed by atoms with Crippen molar-refractivity contribution >= 4 is 30.3 Å². The quantitative estimate of drug-likeness (QED) is 0.0395. The molecule has 2 fully saturated rings. The number of esters is 4. The zero-order valence-corrected chi connectivity index (χ0v) is 27.1. The van der Waals surface area contributed by atoms with E-state index in [0.29, 0.717) is 32.7 Å². The topological polar surface area (TPSA) is 149 Å². The fourth-order valence-corrected chi connectivity index (χ4v) is 5.18. The number of carbonyl (C=O) groups is 5. The molecule has 254 valence electrons. The van der Waals surface area contributed by atoms with E-state index >= 15 is 0 Å². The molecule has 12 heteroatoms. The molecule has 0 saturated carbocycles. The smallest absolute Gasteiger partial charge is 0.327 e. The Balaban J connectivity index is 0.000000459. The molecule has 2 saturated heterocycles. The lowest BCUT2D eigenvalue weighted by Crippen LogP contribution is -2.48. The van der Waals surface area contributed by atoms with E-state index in [1.165, 1.54) is 103 Å². The molecule has 2 aliphatic heterocycles. The summed E-state index contributed by atoms with van der Waals surface area (Å²) in [7, 11) is 0. The maximum atomic E-state index is 11.2. The first-order chi connectivity index (χ1) is 21.4. The molecule has 0 unspecified atom stereocenters. The second-order valence-corrected chi connectivity index (χ2v) is 11.7. The van der Waals surface area contributed by atoms with Crippen LogP contribution in [0.5, 0.6) is 0 Å². The highest BCUT2D eigenvalue weighted by Crippen LogP contribution is 2.13. The van der Waals surface area contributed by atoms with Crippen LogP contribution in [0.15, 0.2) is 0 Å². The van der Waals surface area contributed by atoms with Gasteiger partial charge in [0.25, 0.3) is 6.47 Å². The van der Waals surface area contributed by atoms with Gasteiger partial charge in [0.2, 0.25) is 0 Å². The number of unbranched alkanes of at least 4 members (excludes halogenated alkanes) is 15. The third kappa shape index (κ3) is 22.2. The Bertz CT molecular complexity index is 723. The Hall–Kier alpha value is -2.41. The van der Waals surface area contributed by atoms with Gasteiger partial charge in [-0.05, 0) is 13.0 Å². The van der Waals surface area contributed by atoms with Gasteiger partial charge in [0.15, 0.2) is 0 Å². The number of ether oxygens (including phenoxy) is 3. The van der Waals surface area contributed by atoms with Crippen LogP contribution in [-0.4, -0.2) is 111 Å². The summed E-state index contributed by atoms with van der Waals surface area (Å²) in [5, 5.41) is 0. The predicted octanol–water partition coefficient (Wildman–Crippen LogP) is 3.40. The van der Waals surface area contributed by atoms with E-state index in [0.717, 1.165) is 6.54 Å². The molecule has 2 rings (SSSR count). The Labute approximate surface area is 264 Å². The van der Waals surface area contributed by atoms with Crippen LogP contribution in [0, 0.1) is 0 Å². The zero-order valence-electron chi connectivity index (χ0n) is 27.1. The van der Waals surface area contributed by atoms with Crippen molar-refractivity contribution in [3.8, 4) is 0 Å². The average molecular weight is 627 g/mol. The van der Waals surface area contributed by atoms with Crippen molar-refractivity contribution in [1.82, 2.24) is 14.7 Å². The number of hydrogen-bond donors (Lipinski definition) is 1. The molecule has 0 aromatic heterocycles. The second kappa shape index (κ2) is 26.9. The third-order valence-electron chi connectivity index (χ3n) is 7.71. The minimum atomic E-state index is -0.600. The van der Waals surface area contributed by atoms with Gasteiger partial charge in [-0.1, -0.05) is 103 Å². The first-order valence-electron chi connectivity index (χ1n) is 16.8. The van der Waals surface area contributed by atoms with Gasteiger partial charge < -0.3 is 19.9 Å². The first kappa shape index (κ1) is 39.6. The van der Waals surface area contributed by atoms with E-state index in [1.807, 2.05) is 0 Å². The van der Waals surface area contributed by atoms with Crippen molar-refractivity contribution in [3.63, 3.8) is 0 Å². The molecule has 0 aromatic rings. The minimum absolute atomic E-state index is 0.0145. The van der Waals surface area contributed by atoms with Crippen molar-refractivity contribution in [2.24, 2.45) is 5.73 Å². The molecular weight excluding hydrogens is 568 g/mol. The maximum absolute atomic E-state index is 11.2. The van der Waals surface area contributed by atoms with Crippen molar-refractivity contribution in [2.75, 3.05) is 65.6 Å². The van der Waals surface area contributed by atoms with Crippen LogP contribution in [-0.2, 0) is 38.2 Å². The van der Waals surface area contributed by atoms with Gasteiger partial charge in [-0.2, -0.15) is 0 Å². The molecular formula is C32H58N4O8. The van der Waals surface area contributed by atoms with Crippen molar-refractivity contribution < 1.29 is 38.2 Å². The van der Waals surface area contributed by atoms with Gasteiger partial charge in [0, 0.05) is 26.2 Å². The number of nitrogens with two attached hydrogens (primary N) is 1. The molecule has 2 N–H and O–H groups in total. The summed E-state index contributed by atoms with van der Waals surface area (Å²) in [6.45, 7) is 5.17. The lowest BCUT2D eigenvalue weighted by atomic mass is 10.0. The van der Waals surface area contributed by atoms with Crippen molar-refractivity contribution in [2.45, 2.75) is 110 Å². The number of carbonyl (C=O) groups excluding carboxylic acids is 5. The summed E-state index contributed by atoms with van der Waals surface area (Å²) < 4.78 is 13.6. The van der Waals surface area contributed by atoms with Crippen LogP contribution in [0.3, 0.4) is 0 Å². The number of hydrogen-bond acceptors (Lipinski definition) is 12. The third-order valence-corrected chi connectivity index (χ3v) is 7.71. The number of cyclic esters (lactones) is 4. The molecule has 44 heavy (non-hydrogen) atoms. The second-order valence-electron chi connectivity index (χ2n) is 11.7. The molecule has 0 aromatic carbocycles. The standard InChI is InChI=1S/C18H39N.C14H19N3O8/c1-2-3-4-5-6-7-8-9-10-11-12-13-14-15-16-17-18-19;18-10-23-9-15(1-3-16-5-11(19)24-12(20)6-16)2-4-17-7-13(21)25-14(22)8-17/h2-19H2,1H3;10H,1-9H2. The van der Waals surface area contributed by atoms with Crippen LogP contribution in [0.4, 0.5) is 0 Å². The van der Waals surface area contributed by atoms with E-state index in [4.69, 9.17) is 10.5 Å². The highest BCUT2D eigenvalue weighted by Gasteiger charge is 2.26. The Morgan fingerprint density at radius 3 is 1.30 bits per heavy atom. The summed E-state index contributed by atoms with van der Waals surface area (Å²) in [4.78, 5) is 60.4. The largest absolute Gasteiger partial charge is 0.452 e. The SMILES string of the molecule is CCCCCCCCCCCCCCCCCCN.O=COCN(CCN1CC(=O)OC(=O)C1)CCN1CC(=O)OC(=O)C1. The summed E-state index contributed by atoms with van der Waals surface area (Å²) in [6.07, 6.45) is 22.9. The lowest BCUT2D eigenvalue weighted by Gasteiger charge is -2.30. The van der Waals surface area contributed by atoms with Crippen molar-refractivity contribution in [3.05, 3.63) is 0 Å². The molecule has 0 bridgehead atoms. The van der Waals surface area contributed by atoms with Gasteiger partial charge in [0.05, 0.1) is 26.2 Å². The van der Waals surface area contributed by atoms with Crippen molar-refractivity contribution in [1.29, 1.82) is 0 Å². The number of nitrogens with zero attached hydrogens (tertiary/aromatic N) is 3. The molecule has 0 atom stereocenters. The molecule has 0 radical (unpaired) electrons. The monoisotopic (exact) mass is 626 g/mol. The van der Waals surface area contributed by atoms with E-state index in [-0.39, 0.29) is 32.9 Å². The summed E-state index contributed by atoms with van der Waals surface area (Å²) in [5.41, 5.74) is 5.48. The molecule has 2 aliphatic rings. The zero-order chi connectivity index (χ0) is 32.3. The number of rotatable bonds is 25. The highest BCUT2D eigenvalue weighted by molar-refractivity contribution is 5.90. The summed E-state index contributed by atoms with van der Waals surface area (Å²) in [6, 6.07) is 0. The molecule has 12 nitrogen and oxygen atoms in total. The molecule has 0 spiro atoms. The summed E-state index contributed by atoms with van der Waals surface area (Å²) in [5.74, 6) is -2.40. The van der Waals surface area contributed by atoms with Gasteiger partial charge in [-0.3, -0.25) is 38.7 Å². The molecule has 0 aliphatic carbocycles. The van der Waals surface area contributed by atoms with Gasteiger partial charge in [0.1, 0.15) is 6.73 Å². The van der Waals surface area contributed by atoms with Crippen LogP contribution in [0.1, 0.15) is 110 Å². The van der Waals surface area contributed by atoms with Gasteiger partial charge in [-0.25, -0.2) is 0 Å². The van der Waals surface area contributed by atoms with Gasteiger partial charge >= 0.3 is 23.9 Å². The molecule has 2 heterocycles. The predicted molar refractivity (Wildman–Crippen MR) is 167 cm³/mol. The lowest BCUT2D eigenvalue weighted by molar-refractivity contribution is -0.168. The summed E-state index contributed by atoms with van der Waals surface area (Å²) >= 11 is 0. The first-order valence-corrected chi connectivity index (χ1v) is 16.8. The Morgan fingerprint density at radius 2 is 0.977 bits per heavy atom. The van der Waals surface area contributed by atoms with Crippen LogP contribution in [0.2, 0.25) is 0 Å². The highest BCUT2D eigenvalue weighted by atomic mass is 16.6. The Morgan fingerprint density at radius 1 is 0.636 bits per heavy atom. The minimum Gasteiger partial charge on any atom is -0.452 e. The van der Waals surface area contributed by atoms with Gasteiger partial charge in [-0.15, -0.1) is 0 Å². The maximum Gasteiger partial charge on any atom is 0.327 e. The Kier molecular flexibility index (Phi) is 24.3. The normalized spacial score (nSPS) is 16.0. The fraction of sp³-hybridized carbons (Fsp3) is 0.844. The van der Waals surface area contributed by atoms with Crippen LogP contribution >= 0.6 is 0 Å². The van der Waals surface area contributed by atoms with E-state index < -0.39 is 23.9 Å². The average Bonchev–Trinajstić information content (AvgIpc) is 2.98. The fourth-order valence-electron chi connectivity index (χ4n) is 5.18.